The van der Waals surface area contributed by atoms with Gasteiger partial charge in [0.2, 0.25) is 0 Å². The maximum absolute atomic E-state index is 10.1. The van der Waals surface area contributed by atoms with Gasteiger partial charge in [0, 0.05) is 5.54 Å². The predicted octanol–water partition coefficient (Wildman–Crippen LogP) is 2.06. The van der Waals surface area contributed by atoms with Gasteiger partial charge in [0.1, 0.15) is 0 Å². The molecule has 1 unspecified atom stereocenters. The van der Waals surface area contributed by atoms with Gasteiger partial charge in [-0.15, -0.1) is 0 Å². The van der Waals surface area contributed by atoms with Crippen LogP contribution in [-0.2, 0) is 0 Å². The van der Waals surface area contributed by atoms with E-state index in [1.54, 1.807) is 0 Å². The first-order chi connectivity index (χ1) is 5.43. The van der Waals surface area contributed by atoms with Gasteiger partial charge in [-0.25, -0.2) is 0 Å². The van der Waals surface area contributed by atoms with Crippen molar-refractivity contribution in [2.24, 2.45) is 5.73 Å². The first-order valence-corrected chi connectivity index (χ1v) is 4.94. The lowest BCUT2D eigenvalue weighted by atomic mass is 9.75. The maximum Gasteiger partial charge on any atom is 0.0798 e. The van der Waals surface area contributed by atoms with E-state index >= 15 is 0 Å². The van der Waals surface area contributed by atoms with Crippen LogP contribution in [0.4, 0.5) is 0 Å². The molecule has 2 nitrogen and oxygen atoms in total. The van der Waals surface area contributed by atoms with E-state index in [1.165, 1.54) is 0 Å². The van der Waals surface area contributed by atoms with Gasteiger partial charge >= 0.3 is 0 Å². The van der Waals surface area contributed by atoms with Gasteiger partial charge in [-0.05, 0) is 26.2 Å². The van der Waals surface area contributed by atoms with E-state index in [9.17, 15) is 5.11 Å². The molecule has 0 heterocycles. The molecule has 0 aromatic carbocycles. The Bertz CT molecular complexity index is 128. The summed E-state index contributed by atoms with van der Waals surface area (Å²) in [6.07, 6.45) is 3.42. The average molecular weight is 173 g/mol. The molecule has 0 aliphatic carbocycles. The fourth-order valence-electron chi connectivity index (χ4n) is 1.75. The molecule has 1 atom stereocenters. The molecule has 0 radical (unpaired) electrons. The van der Waals surface area contributed by atoms with Gasteiger partial charge in [-0.1, -0.05) is 27.2 Å². The second-order valence-electron chi connectivity index (χ2n) is 3.89. The number of hydrogen-bond acceptors (Lipinski definition) is 2. The number of nitrogens with two attached hydrogens (primary N) is 1. The summed E-state index contributed by atoms with van der Waals surface area (Å²) in [5.41, 5.74) is 4.98. The van der Waals surface area contributed by atoms with E-state index in [1.807, 2.05) is 20.8 Å². The Morgan fingerprint density at radius 1 is 1.17 bits per heavy atom. The molecule has 2 heteroatoms. The third kappa shape index (κ3) is 2.20. The zero-order valence-electron chi connectivity index (χ0n) is 8.85. The fourth-order valence-corrected chi connectivity index (χ4v) is 1.75. The van der Waals surface area contributed by atoms with Crippen molar-refractivity contribution in [3.05, 3.63) is 0 Å². The Balaban J connectivity index is 4.46. The maximum atomic E-state index is 10.1. The van der Waals surface area contributed by atoms with Gasteiger partial charge in [-0.2, -0.15) is 0 Å². The molecule has 12 heavy (non-hydrogen) atoms. The van der Waals surface area contributed by atoms with Crippen LogP contribution in [0.2, 0.25) is 0 Å². The van der Waals surface area contributed by atoms with Crippen molar-refractivity contribution < 1.29 is 5.11 Å². The second kappa shape index (κ2) is 4.24. The predicted molar refractivity (Wildman–Crippen MR) is 53.0 cm³/mol. The van der Waals surface area contributed by atoms with Crippen molar-refractivity contribution in [1.29, 1.82) is 0 Å². The van der Waals surface area contributed by atoms with Crippen molar-refractivity contribution in [2.75, 3.05) is 0 Å². The largest absolute Gasteiger partial charge is 0.388 e. The molecule has 0 bridgehead atoms. The summed E-state index contributed by atoms with van der Waals surface area (Å²) >= 11 is 0. The molecule has 0 rings (SSSR count). The summed E-state index contributed by atoms with van der Waals surface area (Å²) in [4.78, 5) is 0. The van der Waals surface area contributed by atoms with Crippen LogP contribution in [0.3, 0.4) is 0 Å². The first-order valence-electron chi connectivity index (χ1n) is 4.94. The zero-order valence-corrected chi connectivity index (χ0v) is 8.85. The minimum atomic E-state index is -0.717. The van der Waals surface area contributed by atoms with Crippen molar-refractivity contribution in [3.63, 3.8) is 0 Å². The highest BCUT2D eigenvalue weighted by molar-refractivity contribution is 4.98. The topological polar surface area (TPSA) is 46.2 Å². The van der Waals surface area contributed by atoms with Crippen LogP contribution in [-0.4, -0.2) is 16.2 Å². The molecule has 0 aromatic rings. The van der Waals surface area contributed by atoms with E-state index in [4.69, 9.17) is 5.73 Å². The Morgan fingerprint density at radius 2 is 1.58 bits per heavy atom. The molecule has 74 valence electrons. The molecular formula is C10H23NO. The second-order valence-corrected chi connectivity index (χ2v) is 3.89. The zero-order chi connectivity index (χ0) is 9.83. The van der Waals surface area contributed by atoms with E-state index in [0.29, 0.717) is 0 Å². The van der Waals surface area contributed by atoms with Crippen LogP contribution in [0.25, 0.3) is 0 Å². The lowest BCUT2D eigenvalue weighted by molar-refractivity contribution is -0.0312. The van der Waals surface area contributed by atoms with Crippen molar-refractivity contribution in [3.8, 4) is 0 Å². The van der Waals surface area contributed by atoms with E-state index in [-0.39, 0.29) is 0 Å². The van der Waals surface area contributed by atoms with Gasteiger partial charge in [0.05, 0.1) is 5.60 Å². The molecule has 0 amide bonds. The van der Waals surface area contributed by atoms with E-state index in [0.717, 1.165) is 25.7 Å². The monoisotopic (exact) mass is 173 g/mol. The van der Waals surface area contributed by atoms with E-state index in [2.05, 4.69) is 6.92 Å². The average Bonchev–Trinajstić information content (AvgIpc) is 2.02. The lowest BCUT2D eigenvalue weighted by Crippen LogP contribution is -2.58. The Hall–Kier alpha value is -0.0800. The summed E-state index contributed by atoms with van der Waals surface area (Å²) in [6, 6.07) is 0. The first kappa shape index (κ1) is 11.9. The minimum Gasteiger partial charge on any atom is -0.388 e. The van der Waals surface area contributed by atoms with Crippen LogP contribution < -0.4 is 5.73 Å². The third-order valence-corrected chi connectivity index (χ3v) is 3.07. The van der Waals surface area contributed by atoms with Crippen LogP contribution in [0.15, 0.2) is 0 Å². The van der Waals surface area contributed by atoms with Crippen molar-refractivity contribution in [2.45, 2.75) is 64.5 Å². The highest BCUT2D eigenvalue weighted by atomic mass is 16.3. The summed E-state index contributed by atoms with van der Waals surface area (Å²) in [7, 11) is 0. The molecular weight excluding hydrogens is 150 g/mol. The molecule has 0 saturated carbocycles. The van der Waals surface area contributed by atoms with Gasteiger partial charge < -0.3 is 10.8 Å². The minimum absolute atomic E-state index is 0.414. The fraction of sp³-hybridized carbons (Fsp3) is 1.00. The molecule has 0 saturated heterocycles. The SMILES string of the molecule is CCCC(C)(O)C(N)(CC)CC. The van der Waals surface area contributed by atoms with Crippen LogP contribution >= 0.6 is 0 Å². The Labute approximate surface area is 76.2 Å². The summed E-state index contributed by atoms with van der Waals surface area (Å²) < 4.78 is 0. The highest BCUT2D eigenvalue weighted by Crippen LogP contribution is 2.30. The summed E-state index contributed by atoms with van der Waals surface area (Å²) in [5, 5.41) is 10.1. The quantitative estimate of drug-likeness (QED) is 0.668. The standard InChI is InChI=1S/C10H23NO/c1-5-8-9(4,12)10(11,6-2)7-3/h12H,5-8,11H2,1-4H3. The third-order valence-electron chi connectivity index (χ3n) is 3.07. The van der Waals surface area contributed by atoms with Gasteiger partial charge in [0.25, 0.3) is 0 Å². The van der Waals surface area contributed by atoms with Gasteiger partial charge in [0.15, 0.2) is 0 Å². The van der Waals surface area contributed by atoms with Crippen LogP contribution in [0.1, 0.15) is 53.4 Å². The molecule has 3 N–H and O–H groups in total. The lowest BCUT2D eigenvalue weighted by Gasteiger charge is -2.41. The number of aliphatic hydroxyl groups is 1. The smallest absolute Gasteiger partial charge is 0.0798 e. The molecule has 0 aliphatic heterocycles. The molecule has 0 fully saturated rings. The highest BCUT2D eigenvalue weighted by Gasteiger charge is 2.39. The van der Waals surface area contributed by atoms with Gasteiger partial charge in [-0.3, -0.25) is 0 Å². The summed E-state index contributed by atoms with van der Waals surface area (Å²) in [5.74, 6) is 0. The van der Waals surface area contributed by atoms with Crippen molar-refractivity contribution in [1.82, 2.24) is 0 Å². The van der Waals surface area contributed by atoms with Crippen molar-refractivity contribution >= 4 is 0 Å². The normalized spacial score (nSPS) is 17.5. The molecule has 0 aromatic heterocycles. The van der Waals surface area contributed by atoms with E-state index < -0.39 is 11.1 Å². The molecule has 0 aliphatic rings. The Kier molecular flexibility index (Phi) is 4.21. The molecule has 0 spiro atoms. The number of rotatable bonds is 5. The Morgan fingerprint density at radius 3 is 1.83 bits per heavy atom. The summed E-state index contributed by atoms with van der Waals surface area (Å²) in [6.45, 7) is 7.99. The van der Waals surface area contributed by atoms with Crippen LogP contribution in [0.5, 0.6) is 0 Å². The number of hydrogen-bond donors (Lipinski definition) is 2. The van der Waals surface area contributed by atoms with Crippen LogP contribution in [0, 0.1) is 0 Å².